The molecule has 6 nitrogen and oxygen atoms in total. The van der Waals surface area contributed by atoms with Crippen LogP contribution in [0.1, 0.15) is 11.3 Å². The fourth-order valence-electron chi connectivity index (χ4n) is 2.41. The van der Waals surface area contributed by atoms with Gasteiger partial charge in [-0.3, -0.25) is 9.48 Å². The SMILES string of the molecule is CNCc1c(C)nn(C)c1N1CCN(C)C(=O)C1. The fourth-order valence-corrected chi connectivity index (χ4v) is 2.41. The zero-order chi connectivity index (χ0) is 13.3. The number of aryl methyl sites for hydroxylation is 2. The van der Waals surface area contributed by atoms with Gasteiger partial charge in [-0.2, -0.15) is 5.10 Å². The summed E-state index contributed by atoms with van der Waals surface area (Å²) in [6, 6.07) is 0. The second kappa shape index (κ2) is 4.97. The standard InChI is InChI=1S/C12H21N5O/c1-9-10(7-13-2)12(16(4)14-9)17-6-5-15(3)11(18)8-17/h13H,5-8H2,1-4H3. The smallest absolute Gasteiger partial charge is 0.241 e. The average Bonchev–Trinajstić information content (AvgIpc) is 2.59. The molecule has 0 spiro atoms. The first-order valence-corrected chi connectivity index (χ1v) is 6.20. The van der Waals surface area contributed by atoms with Crippen molar-refractivity contribution in [1.82, 2.24) is 20.0 Å². The van der Waals surface area contributed by atoms with Crippen LogP contribution in [0.2, 0.25) is 0 Å². The number of carbonyl (C=O) groups excluding carboxylic acids is 1. The molecular weight excluding hydrogens is 230 g/mol. The second-order valence-electron chi connectivity index (χ2n) is 4.78. The molecule has 1 amide bonds. The molecule has 1 saturated heterocycles. The van der Waals surface area contributed by atoms with E-state index in [1.165, 1.54) is 5.56 Å². The minimum atomic E-state index is 0.163. The third kappa shape index (κ3) is 2.20. The molecule has 1 fully saturated rings. The molecule has 0 atom stereocenters. The Kier molecular flexibility index (Phi) is 3.56. The molecule has 1 N–H and O–H groups in total. The van der Waals surface area contributed by atoms with Crippen molar-refractivity contribution >= 4 is 11.7 Å². The molecule has 1 aliphatic rings. The van der Waals surface area contributed by atoms with E-state index in [4.69, 9.17) is 0 Å². The van der Waals surface area contributed by atoms with Crippen LogP contribution in [0.4, 0.5) is 5.82 Å². The van der Waals surface area contributed by atoms with Crippen LogP contribution in [-0.4, -0.2) is 54.3 Å². The van der Waals surface area contributed by atoms with E-state index in [0.717, 1.165) is 31.1 Å². The number of anilines is 1. The van der Waals surface area contributed by atoms with Crippen molar-refractivity contribution in [1.29, 1.82) is 0 Å². The lowest BCUT2D eigenvalue weighted by molar-refractivity contribution is -0.129. The number of piperazine rings is 1. The average molecular weight is 251 g/mol. The summed E-state index contributed by atoms with van der Waals surface area (Å²) in [4.78, 5) is 15.7. The first-order chi connectivity index (χ1) is 8.54. The van der Waals surface area contributed by atoms with Crippen LogP contribution in [0.25, 0.3) is 0 Å². The topological polar surface area (TPSA) is 53.4 Å². The largest absolute Gasteiger partial charge is 0.345 e. The van der Waals surface area contributed by atoms with Crippen LogP contribution in [0.5, 0.6) is 0 Å². The lowest BCUT2D eigenvalue weighted by Crippen LogP contribution is -2.49. The van der Waals surface area contributed by atoms with Crippen molar-refractivity contribution in [2.45, 2.75) is 13.5 Å². The van der Waals surface area contributed by atoms with Crippen LogP contribution < -0.4 is 10.2 Å². The van der Waals surface area contributed by atoms with Gasteiger partial charge in [-0.25, -0.2) is 0 Å². The highest BCUT2D eigenvalue weighted by Crippen LogP contribution is 2.24. The fraction of sp³-hybridized carbons (Fsp3) is 0.667. The minimum Gasteiger partial charge on any atom is -0.345 e. The summed E-state index contributed by atoms with van der Waals surface area (Å²) in [5.74, 6) is 1.22. The van der Waals surface area contributed by atoms with Crippen LogP contribution in [0.15, 0.2) is 0 Å². The summed E-state index contributed by atoms with van der Waals surface area (Å²) < 4.78 is 1.88. The summed E-state index contributed by atoms with van der Waals surface area (Å²) >= 11 is 0. The Hall–Kier alpha value is -1.56. The quantitative estimate of drug-likeness (QED) is 0.803. The normalized spacial score (nSPS) is 16.6. The molecule has 0 unspecified atom stereocenters. The van der Waals surface area contributed by atoms with E-state index in [0.29, 0.717) is 6.54 Å². The number of rotatable bonds is 3. The number of nitrogens with one attached hydrogen (secondary N) is 1. The lowest BCUT2D eigenvalue weighted by Gasteiger charge is -2.33. The molecule has 0 saturated carbocycles. The van der Waals surface area contributed by atoms with E-state index in [2.05, 4.69) is 15.3 Å². The number of carbonyl (C=O) groups is 1. The summed E-state index contributed by atoms with van der Waals surface area (Å²) in [7, 11) is 5.71. The van der Waals surface area contributed by atoms with Crippen molar-refractivity contribution in [3.63, 3.8) is 0 Å². The molecule has 100 valence electrons. The zero-order valence-corrected chi connectivity index (χ0v) is 11.5. The highest BCUT2D eigenvalue weighted by Gasteiger charge is 2.26. The molecule has 0 aromatic carbocycles. The van der Waals surface area contributed by atoms with Gasteiger partial charge in [-0.05, 0) is 14.0 Å². The maximum absolute atomic E-state index is 11.8. The van der Waals surface area contributed by atoms with E-state index in [-0.39, 0.29) is 5.91 Å². The van der Waals surface area contributed by atoms with Gasteiger partial charge in [-0.15, -0.1) is 0 Å². The number of nitrogens with zero attached hydrogens (tertiary/aromatic N) is 4. The lowest BCUT2D eigenvalue weighted by atomic mass is 10.2. The van der Waals surface area contributed by atoms with Crippen LogP contribution in [-0.2, 0) is 18.4 Å². The van der Waals surface area contributed by atoms with Gasteiger partial charge in [0.2, 0.25) is 5.91 Å². The molecule has 0 bridgehead atoms. The summed E-state index contributed by atoms with van der Waals surface area (Å²) in [5, 5.41) is 7.62. The molecule has 1 aromatic heterocycles. The number of hydrogen-bond donors (Lipinski definition) is 1. The Balaban J connectivity index is 2.30. The van der Waals surface area contributed by atoms with Gasteiger partial charge in [0, 0.05) is 39.3 Å². The van der Waals surface area contributed by atoms with Gasteiger partial charge < -0.3 is 15.1 Å². The predicted octanol–water partition coefficient (Wildman–Crippen LogP) is -0.274. The van der Waals surface area contributed by atoms with E-state index < -0.39 is 0 Å². The van der Waals surface area contributed by atoms with E-state index in [1.807, 2.05) is 32.7 Å². The van der Waals surface area contributed by atoms with E-state index in [1.54, 1.807) is 4.90 Å². The molecule has 2 heterocycles. The first kappa shape index (κ1) is 12.9. The zero-order valence-electron chi connectivity index (χ0n) is 11.5. The van der Waals surface area contributed by atoms with Gasteiger partial charge in [-0.1, -0.05) is 0 Å². The van der Waals surface area contributed by atoms with E-state index >= 15 is 0 Å². The van der Waals surface area contributed by atoms with Crippen LogP contribution >= 0.6 is 0 Å². The molecule has 18 heavy (non-hydrogen) atoms. The third-order valence-electron chi connectivity index (χ3n) is 3.42. The maximum Gasteiger partial charge on any atom is 0.241 e. The van der Waals surface area contributed by atoms with Crippen molar-refractivity contribution in [3.05, 3.63) is 11.3 Å². The highest BCUT2D eigenvalue weighted by atomic mass is 16.2. The Labute approximate surface area is 108 Å². The summed E-state index contributed by atoms with van der Waals surface area (Å²) in [6.45, 7) is 4.84. The van der Waals surface area contributed by atoms with Gasteiger partial charge >= 0.3 is 0 Å². The van der Waals surface area contributed by atoms with Crippen molar-refractivity contribution < 1.29 is 4.79 Å². The van der Waals surface area contributed by atoms with Gasteiger partial charge in [0.25, 0.3) is 0 Å². The Bertz CT molecular complexity index is 454. The van der Waals surface area contributed by atoms with Gasteiger partial charge in [0.05, 0.1) is 12.2 Å². The summed E-state index contributed by atoms with van der Waals surface area (Å²) in [6.07, 6.45) is 0. The minimum absolute atomic E-state index is 0.163. The Morgan fingerprint density at radius 1 is 1.33 bits per heavy atom. The number of likely N-dealkylation sites (N-methyl/N-ethyl adjacent to an activating group) is 1. The molecule has 0 aliphatic carbocycles. The monoisotopic (exact) mass is 251 g/mol. The van der Waals surface area contributed by atoms with Crippen molar-refractivity contribution in [2.75, 3.05) is 38.6 Å². The van der Waals surface area contributed by atoms with E-state index in [9.17, 15) is 4.79 Å². The Morgan fingerprint density at radius 2 is 2.06 bits per heavy atom. The van der Waals surface area contributed by atoms with Gasteiger partial charge in [0.15, 0.2) is 0 Å². The third-order valence-corrected chi connectivity index (χ3v) is 3.42. The molecule has 0 radical (unpaired) electrons. The van der Waals surface area contributed by atoms with Crippen molar-refractivity contribution in [2.24, 2.45) is 7.05 Å². The van der Waals surface area contributed by atoms with Crippen molar-refractivity contribution in [3.8, 4) is 0 Å². The predicted molar refractivity (Wildman–Crippen MR) is 70.6 cm³/mol. The van der Waals surface area contributed by atoms with Crippen LogP contribution in [0.3, 0.4) is 0 Å². The molecule has 1 aliphatic heterocycles. The Morgan fingerprint density at radius 3 is 2.67 bits per heavy atom. The molecular formula is C12H21N5O. The summed E-state index contributed by atoms with van der Waals surface area (Å²) in [5.41, 5.74) is 2.20. The second-order valence-corrected chi connectivity index (χ2v) is 4.78. The molecule has 2 rings (SSSR count). The molecule has 1 aromatic rings. The maximum atomic E-state index is 11.8. The van der Waals surface area contributed by atoms with Gasteiger partial charge in [0.1, 0.15) is 5.82 Å². The number of amides is 1. The van der Waals surface area contributed by atoms with Crippen LogP contribution in [0, 0.1) is 6.92 Å². The number of hydrogen-bond acceptors (Lipinski definition) is 4. The molecule has 6 heteroatoms. The first-order valence-electron chi connectivity index (χ1n) is 6.20. The number of aromatic nitrogens is 2. The highest BCUT2D eigenvalue weighted by molar-refractivity contribution is 5.82.